The lowest BCUT2D eigenvalue weighted by Crippen LogP contribution is -1.90. The fraction of sp³-hybridized carbons (Fsp3) is 0. The molecule has 0 aliphatic rings. The zero-order valence-corrected chi connectivity index (χ0v) is 10.6. The molecule has 3 rings (SSSR count). The number of para-hydroxylation sites is 1. The molecule has 1 heterocycles. The molecule has 0 bridgehead atoms. The Hall–Kier alpha value is -1.74. The van der Waals surface area contributed by atoms with E-state index in [2.05, 4.69) is 25.9 Å². The Morgan fingerprint density at radius 3 is 2.53 bits per heavy atom. The minimum Gasteiger partial charge on any atom is -0.236 e. The molecule has 82 valence electrons. The van der Waals surface area contributed by atoms with Crippen molar-refractivity contribution in [1.82, 2.24) is 9.97 Å². The molecule has 2 nitrogen and oxygen atoms in total. The van der Waals surface area contributed by atoms with E-state index in [1.807, 2.05) is 54.7 Å². The summed E-state index contributed by atoms with van der Waals surface area (Å²) in [6, 6.07) is 16.0. The van der Waals surface area contributed by atoms with Crippen LogP contribution in [-0.2, 0) is 0 Å². The number of halogens is 1. The summed E-state index contributed by atoms with van der Waals surface area (Å²) in [6.07, 6.45) is 1.86. The topological polar surface area (TPSA) is 25.8 Å². The molecule has 2 aromatic carbocycles. The summed E-state index contributed by atoms with van der Waals surface area (Å²) in [6.45, 7) is 0. The number of rotatable bonds is 1. The minimum atomic E-state index is 0.755. The van der Waals surface area contributed by atoms with Gasteiger partial charge in [-0.2, -0.15) is 0 Å². The highest BCUT2D eigenvalue weighted by atomic mass is 79.9. The van der Waals surface area contributed by atoms with Crippen LogP contribution in [-0.4, -0.2) is 9.97 Å². The SMILES string of the molecule is Brc1cccc2cnc(-c3ccccc3)nc12. The molecule has 0 fully saturated rings. The number of benzene rings is 2. The van der Waals surface area contributed by atoms with Gasteiger partial charge in [0, 0.05) is 21.6 Å². The lowest BCUT2D eigenvalue weighted by atomic mass is 10.2. The van der Waals surface area contributed by atoms with Crippen molar-refractivity contribution in [3.05, 3.63) is 59.2 Å². The van der Waals surface area contributed by atoms with Crippen LogP contribution in [0.15, 0.2) is 59.2 Å². The first-order valence-electron chi connectivity index (χ1n) is 5.31. The summed E-state index contributed by atoms with van der Waals surface area (Å²) in [4.78, 5) is 8.97. The monoisotopic (exact) mass is 284 g/mol. The smallest absolute Gasteiger partial charge is 0.159 e. The van der Waals surface area contributed by atoms with E-state index in [4.69, 9.17) is 0 Å². The zero-order chi connectivity index (χ0) is 11.7. The summed E-state index contributed by atoms with van der Waals surface area (Å²) < 4.78 is 0.995. The van der Waals surface area contributed by atoms with E-state index in [-0.39, 0.29) is 0 Å². The quantitative estimate of drug-likeness (QED) is 0.673. The third-order valence-corrected chi connectivity index (χ3v) is 3.23. The van der Waals surface area contributed by atoms with Gasteiger partial charge in [-0.3, -0.25) is 0 Å². The second kappa shape index (κ2) is 4.26. The minimum absolute atomic E-state index is 0.755. The molecule has 1 aromatic heterocycles. The second-order valence-corrected chi connectivity index (χ2v) is 4.59. The predicted octanol–water partition coefficient (Wildman–Crippen LogP) is 4.06. The lowest BCUT2D eigenvalue weighted by molar-refractivity contribution is 1.22. The van der Waals surface area contributed by atoms with Gasteiger partial charge in [0.15, 0.2) is 5.82 Å². The van der Waals surface area contributed by atoms with Crippen LogP contribution >= 0.6 is 15.9 Å². The first-order chi connectivity index (χ1) is 8.34. The van der Waals surface area contributed by atoms with Gasteiger partial charge < -0.3 is 0 Å². The van der Waals surface area contributed by atoms with Gasteiger partial charge in [-0.25, -0.2) is 9.97 Å². The Morgan fingerprint density at radius 2 is 1.71 bits per heavy atom. The molecular weight excluding hydrogens is 276 g/mol. The Bertz CT molecular complexity index is 665. The van der Waals surface area contributed by atoms with Gasteiger partial charge in [0.2, 0.25) is 0 Å². The molecule has 0 saturated carbocycles. The second-order valence-electron chi connectivity index (χ2n) is 3.74. The first kappa shape index (κ1) is 10.4. The molecule has 0 aliphatic heterocycles. The normalized spacial score (nSPS) is 10.6. The summed E-state index contributed by atoms with van der Waals surface area (Å²) >= 11 is 3.51. The average Bonchev–Trinajstić information content (AvgIpc) is 2.40. The van der Waals surface area contributed by atoms with Gasteiger partial charge in [-0.05, 0) is 22.0 Å². The van der Waals surface area contributed by atoms with Crippen molar-refractivity contribution in [1.29, 1.82) is 0 Å². The van der Waals surface area contributed by atoms with Gasteiger partial charge in [0.25, 0.3) is 0 Å². The molecule has 0 N–H and O–H groups in total. The maximum Gasteiger partial charge on any atom is 0.159 e. The fourth-order valence-electron chi connectivity index (χ4n) is 1.75. The molecule has 0 amide bonds. The van der Waals surface area contributed by atoms with E-state index in [1.165, 1.54) is 0 Å². The number of nitrogens with zero attached hydrogens (tertiary/aromatic N) is 2. The van der Waals surface area contributed by atoms with E-state index in [0.29, 0.717) is 0 Å². The van der Waals surface area contributed by atoms with Gasteiger partial charge in [0.1, 0.15) is 0 Å². The maximum atomic E-state index is 4.59. The Balaban J connectivity index is 2.23. The highest BCUT2D eigenvalue weighted by molar-refractivity contribution is 9.10. The molecule has 0 atom stereocenters. The van der Waals surface area contributed by atoms with Gasteiger partial charge in [-0.15, -0.1) is 0 Å². The van der Waals surface area contributed by atoms with Crippen molar-refractivity contribution in [3.8, 4) is 11.4 Å². The van der Waals surface area contributed by atoms with Crippen LogP contribution in [0.25, 0.3) is 22.3 Å². The standard InChI is InChI=1S/C14H9BrN2/c15-12-8-4-7-11-9-16-14(17-13(11)12)10-5-2-1-3-6-10/h1-9H. The van der Waals surface area contributed by atoms with Crippen LogP contribution in [0.3, 0.4) is 0 Å². The Kier molecular flexibility index (Phi) is 2.61. The van der Waals surface area contributed by atoms with E-state index in [0.717, 1.165) is 26.8 Å². The molecule has 0 unspecified atom stereocenters. The highest BCUT2D eigenvalue weighted by Crippen LogP contribution is 2.23. The third-order valence-electron chi connectivity index (χ3n) is 2.59. The van der Waals surface area contributed by atoms with Crippen LogP contribution in [0.5, 0.6) is 0 Å². The first-order valence-corrected chi connectivity index (χ1v) is 6.10. The molecule has 0 saturated heterocycles. The molecular formula is C14H9BrN2. The summed E-state index contributed by atoms with van der Waals surface area (Å²) in [7, 11) is 0. The van der Waals surface area contributed by atoms with Crippen molar-refractivity contribution >= 4 is 26.8 Å². The molecule has 0 aliphatic carbocycles. The summed E-state index contributed by atoms with van der Waals surface area (Å²) in [5.41, 5.74) is 1.98. The van der Waals surface area contributed by atoms with E-state index in [1.54, 1.807) is 0 Å². The molecule has 3 heteroatoms. The summed E-state index contributed by atoms with van der Waals surface area (Å²) in [5.74, 6) is 0.755. The summed E-state index contributed by atoms with van der Waals surface area (Å²) in [5, 5.41) is 1.04. The highest BCUT2D eigenvalue weighted by Gasteiger charge is 2.04. The molecule has 0 spiro atoms. The zero-order valence-electron chi connectivity index (χ0n) is 8.97. The fourth-order valence-corrected chi connectivity index (χ4v) is 2.22. The average molecular weight is 285 g/mol. The van der Waals surface area contributed by atoms with E-state index in [9.17, 15) is 0 Å². The molecule has 0 radical (unpaired) electrons. The van der Waals surface area contributed by atoms with Crippen LogP contribution in [0.4, 0.5) is 0 Å². The van der Waals surface area contributed by atoms with Gasteiger partial charge in [0.05, 0.1) is 5.52 Å². The Labute approximate surface area is 107 Å². The molecule has 3 aromatic rings. The van der Waals surface area contributed by atoms with Crippen molar-refractivity contribution < 1.29 is 0 Å². The predicted molar refractivity (Wildman–Crippen MR) is 72.7 cm³/mol. The largest absolute Gasteiger partial charge is 0.236 e. The van der Waals surface area contributed by atoms with Crippen LogP contribution in [0, 0.1) is 0 Å². The van der Waals surface area contributed by atoms with Crippen molar-refractivity contribution in [2.24, 2.45) is 0 Å². The number of hydrogen-bond donors (Lipinski definition) is 0. The number of aromatic nitrogens is 2. The molecule has 17 heavy (non-hydrogen) atoms. The number of hydrogen-bond acceptors (Lipinski definition) is 2. The van der Waals surface area contributed by atoms with E-state index < -0.39 is 0 Å². The van der Waals surface area contributed by atoms with Crippen molar-refractivity contribution in [2.45, 2.75) is 0 Å². The van der Waals surface area contributed by atoms with Gasteiger partial charge in [-0.1, -0.05) is 42.5 Å². The van der Waals surface area contributed by atoms with E-state index >= 15 is 0 Å². The number of fused-ring (bicyclic) bond motifs is 1. The van der Waals surface area contributed by atoms with Crippen molar-refractivity contribution in [3.63, 3.8) is 0 Å². The lowest BCUT2D eigenvalue weighted by Gasteiger charge is -2.03. The van der Waals surface area contributed by atoms with Crippen molar-refractivity contribution in [2.75, 3.05) is 0 Å². The maximum absolute atomic E-state index is 4.59. The van der Waals surface area contributed by atoms with Gasteiger partial charge >= 0.3 is 0 Å². The third kappa shape index (κ3) is 1.94. The Morgan fingerprint density at radius 1 is 0.882 bits per heavy atom. The van der Waals surface area contributed by atoms with Crippen LogP contribution in [0.2, 0.25) is 0 Å². The van der Waals surface area contributed by atoms with Crippen LogP contribution < -0.4 is 0 Å². The van der Waals surface area contributed by atoms with Crippen LogP contribution in [0.1, 0.15) is 0 Å².